The van der Waals surface area contributed by atoms with E-state index in [1.165, 1.54) is 27.5 Å². The second-order valence-electron chi connectivity index (χ2n) is 6.99. The van der Waals surface area contributed by atoms with E-state index in [-0.39, 0.29) is 0 Å². The third-order valence-corrected chi connectivity index (χ3v) is 5.43. The summed E-state index contributed by atoms with van der Waals surface area (Å²) >= 11 is 0. The normalized spacial score (nSPS) is 17.9. The quantitative estimate of drug-likeness (QED) is 0.722. The number of methoxy groups -OCH3 is 1. The Morgan fingerprint density at radius 2 is 1.80 bits per heavy atom. The first kappa shape index (κ1) is 16.2. The number of benzene rings is 3. The summed E-state index contributed by atoms with van der Waals surface area (Å²) in [5, 5.41) is 6.53. The zero-order valence-corrected chi connectivity index (χ0v) is 15.0. The van der Waals surface area contributed by atoms with Crippen molar-refractivity contribution in [2.24, 2.45) is 0 Å². The minimum absolute atomic E-state index is 0.336. The van der Waals surface area contributed by atoms with Crippen LogP contribution in [0.4, 0.5) is 0 Å². The van der Waals surface area contributed by atoms with Crippen molar-refractivity contribution in [3.05, 3.63) is 77.4 Å². The maximum absolute atomic E-state index is 5.53. The van der Waals surface area contributed by atoms with E-state index in [0.717, 1.165) is 25.0 Å². The number of rotatable bonds is 4. The van der Waals surface area contributed by atoms with Crippen LogP contribution in [0.1, 0.15) is 36.1 Å². The average Bonchev–Trinajstić information content (AvgIpc) is 2.66. The molecule has 0 aromatic heterocycles. The molecule has 0 amide bonds. The van der Waals surface area contributed by atoms with E-state index in [2.05, 4.69) is 72.9 Å². The van der Waals surface area contributed by atoms with Crippen LogP contribution in [0.5, 0.6) is 5.75 Å². The second-order valence-corrected chi connectivity index (χ2v) is 6.99. The summed E-state index contributed by atoms with van der Waals surface area (Å²) in [4.78, 5) is 0. The molecule has 25 heavy (non-hydrogen) atoms. The van der Waals surface area contributed by atoms with Gasteiger partial charge in [-0.05, 0) is 59.7 Å². The molecule has 0 heterocycles. The maximum atomic E-state index is 5.53. The molecule has 2 atom stereocenters. The summed E-state index contributed by atoms with van der Waals surface area (Å²) in [7, 11) is 1.77. The molecule has 0 spiro atoms. The van der Waals surface area contributed by atoms with Crippen molar-refractivity contribution in [2.45, 2.75) is 38.3 Å². The highest BCUT2D eigenvalue weighted by Crippen LogP contribution is 2.31. The summed E-state index contributed by atoms with van der Waals surface area (Å²) < 4.78 is 5.53. The van der Waals surface area contributed by atoms with Crippen LogP contribution >= 0.6 is 0 Å². The molecule has 0 fully saturated rings. The molecular formula is C23H25NO. The molecule has 0 unspecified atom stereocenters. The smallest absolute Gasteiger partial charge is 0.122 e. The lowest BCUT2D eigenvalue weighted by molar-refractivity contribution is 0.387. The Hall–Kier alpha value is -2.32. The summed E-state index contributed by atoms with van der Waals surface area (Å²) in [6.07, 6.45) is 3.31. The first-order valence-corrected chi connectivity index (χ1v) is 9.14. The standard InChI is InChI=1S/C23H25NO/c1-16(20-11-5-8-17-7-3-4-10-21(17)20)24-19-13-14-22-18(15-19)9-6-12-23(22)25-2/h3-12,16,19,24H,13-15H2,1-2H3/t16-,19+/m1/s1. The van der Waals surface area contributed by atoms with Crippen LogP contribution in [0.3, 0.4) is 0 Å². The Kier molecular flexibility index (Phi) is 4.46. The number of ether oxygens (including phenoxy) is 1. The van der Waals surface area contributed by atoms with Crippen LogP contribution in [0.25, 0.3) is 10.8 Å². The molecule has 2 heteroatoms. The Morgan fingerprint density at radius 3 is 2.68 bits per heavy atom. The fraction of sp³-hybridized carbons (Fsp3) is 0.304. The van der Waals surface area contributed by atoms with E-state index in [1.54, 1.807) is 7.11 Å². The van der Waals surface area contributed by atoms with E-state index in [0.29, 0.717) is 12.1 Å². The van der Waals surface area contributed by atoms with Gasteiger partial charge < -0.3 is 10.1 Å². The number of hydrogen-bond acceptors (Lipinski definition) is 2. The summed E-state index contributed by atoms with van der Waals surface area (Å²) in [6, 6.07) is 22.5. The maximum Gasteiger partial charge on any atom is 0.122 e. The molecule has 2 nitrogen and oxygen atoms in total. The van der Waals surface area contributed by atoms with Gasteiger partial charge in [0.2, 0.25) is 0 Å². The molecule has 0 radical (unpaired) electrons. The second kappa shape index (κ2) is 6.89. The third-order valence-electron chi connectivity index (χ3n) is 5.43. The summed E-state index contributed by atoms with van der Waals surface area (Å²) in [5.74, 6) is 1.04. The summed E-state index contributed by atoms with van der Waals surface area (Å²) in [5.41, 5.74) is 4.20. The van der Waals surface area contributed by atoms with Gasteiger partial charge in [-0.3, -0.25) is 0 Å². The zero-order valence-electron chi connectivity index (χ0n) is 15.0. The lowest BCUT2D eigenvalue weighted by Gasteiger charge is -2.30. The van der Waals surface area contributed by atoms with Gasteiger partial charge in [-0.1, -0.05) is 54.6 Å². The Bertz CT molecular complexity index is 881. The monoisotopic (exact) mass is 331 g/mol. The van der Waals surface area contributed by atoms with Crippen LogP contribution in [0.15, 0.2) is 60.7 Å². The molecule has 0 saturated carbocycles. The molecule has 1 N–H and O–H groups in total. The Morgan fingerprint density at radius 1 is 1.00 bits per heavy atom. The van der Waals surface area contributed by atoms with Gasteiger partial charge in [0.05, 0.1) is 7.11 Å². The fourth-order valence-electron chi connectivity index (χ4n) is 4.18. The first-order chi connectivity index (χ1) is 12.3. The van der Waals surface area contributed by atoms with Crippen molar-refractivity contribution in [1.29, 1.82) is 0 Å². The topological polar surface area (TPSA) is 21.3 Å². The predicted octanol–water partition coefficient (Wildman–Crippen LogP) is 5.06. The van der Waals surface area contributed by atoms with Crippen molar-refractivity contribution >= 4 is 10.8 Å². The largest absolute Gasteiger partial charge is 0.496 e. The Balaban J connectivity index is 1.54. The van der Waals surface area contributed by atoms with Crippen molar-refractivity contribution in [3.8, 4) is 5.75 Å². The molecule has 4 rings (SSSR count). The third kappa shape index (κ3) is 3.14. The predicted molar refractivity (Wildman–Crippen MR) is 104 cm³/mol. The molecule has 1 aliphatic rings. The average molecular weight is 331 g/mol. The van der Waals surface area contributed by atoms with Crippen molar-refractivity contribution in [1.82, 2.24) is 5.32 Å². The van der Waals surface area contributed by atoms with Gasteiger partial charge in [-0.15, -0.1) is 0 Å². The fourth-order valence-corrected chi connectivity index (χ4v) is 4.18. The highest BCUT2D eigenvalue weighted by atomic mass is 16.5. The molecule has 1 aliphatic carbocycles. The lowest BCUT2D eigenvalue weighted by Crippen LogP contribution is -2.36. The number of nitrogens with one attached hydrogen (secondary N) is 1. The van der Waals surface area contributed by atoms with Crippen LogP contribution in [-0.4, -0.2) is 13.2 Å². The molecule has 128 valence electrons. The molecule has 0 saturated heterocycles. The minimum atomic E-state index is 0.336. The van der Waals surface area contributed by atoms with Gasteiger partial charge in [0.1, 0.15) is 5.75 Å². The van der Waals surface area contributed by atoms with Crippen LogP contribution in [-0.2, 0) is 12.8 Å². The highest BCUT2D eigenvalue weighted by molar-refractivity contribution is 5.86. The van der Waals surface area contributed by atoms with Gasteiger partial charge in [0.15, 0.2) is 0 Å². The van der Waals surface area contributed by atoms with Crippen molar-refractivity contribution in [3.63, 3.8) is 0 Å². The molecule has 0 aliphatic heterocycles. The van der Waals surface area contributed by atoms with E-state index in [4.69, 9.17) is 4.74 Å². The van der Waals surface area contributed by atoms with Gasteiger partial charge in [-0.2, -0.15) is 0 Å². The van der Waals surface area contributed by atoms with E-state index < -0.39 is 0 Å². The highest BCUT2D eigenvalue weighted by Gasteiger charge is 2.23. The zero-order chi connectivity index (χ0) is 17.2. The molecule has 3 aromatic rings. The number of hydrogen-bond donors (Lipinski definition) is 1. The molecular weight excluding hydrogens is 306 g/mol. The van der Waals surface area contributed by atoms with Gasteiger partial charge in [0.25, 0.3) is 0 Å². The van der Waals surface area contributed by atoms with E-state index in [9.17, 15) is 0 Å². The summed E-state index contributed by atoms with van der Waals surface area (Å²) in [6.45, 7) is 2.28. The van der Waals surface area contributed by atoms with Crippen molar-refractivity contribution < 1.29 is 4.74 Å². The van der Waals surface area contributed by atoms with Crippen molar-refractivity contribution in [2.75, 3.05) is 7.11 Å². The molecule has 0 bridgehead atoms. The Labute approximate surface area is 149 Å². The van der Waals surface area contributed by atoms with Gasteiger partial charge in [-0.25, -0.2) is 0 Å². The first-order valence-electron chi connectivity index (χ1n) is 9.14. The van der Waals surface area contributed by atoms with Crippen LogP contribution in [0, 0.1) is 0 Å². The van der Waals surface area contributed by atoms with Gasteiger partial charge in [0, 0.05) is 12.1 Å². The van der Waals surface area contributed by atoms with Crippen LogP contribution in [0.2, 0.25) is 0 Å². The van der Waals surface area contributed by atoms with Crippen LogP contribution < -0.4 is 10.1 Å². The minimum Gasteiger partial charge on any atom is -0.496 e. The van der Waals surface area contributed by atoms with Gasteiger partial charge >= 0.3 is 0 Å². The SMILES string of the molecule is COc1cccc2c1CC[C@H](N[C@H](C)c1cccc3ccccc13)C2. The molecule has 3 aromatic carbocycles. The lowest BCUT2D eigenvalue weighted by atomic mass is 9.87. The van der Waals surface area contributed by atoms with E-state index >= 15 is 0 Å². The number of fused-ring (bicyclic) bond motifs is 2. The van der Waals surface area contributed by atoms with E-state index in [1.807, 2.05) is 0 Å².